The van der Waals surface area contributed by atoms with E-state index in [0.29, 0.717) is 17.1 Å². The average Bonchev–Trinajstić information content (AvgIpc) is 2.75. The van der Waals surface area contributed by atoms with Crippen LogP contribution in [0.2, 0.25) is 0 Å². The number of carbonyl (C=O) groups is 2. The van der Waals surface area contributed by atoms with Gasteiger partial charge < -0.3 is 15.4 Å². The van der Waals surface area contributed by atoms with Crippen LogP contribution in [0.3, 0.4) is 0 Å². The molecule has 142 valence electrons. The van der Waals surface area contributed by atoms with E-state index in [9.17, 15) is 9.59 Å². The number of aromatic nitrogens is 1. The Morgan fingerprint density at radius 3 is 2.25 bits per heavy atom. The van der Waals surface area contributed by atoms with Gasteiger partial charge in [0.05, 0.1) is 31.5 Å². The first-order chi connectivity index (χ1) is 13.7. The Labute approximate surface area is 163 Å². The van der Waals surface area contributed by atoms with E-state index in [-0.39, 0.29) is 18.2 Å². The molecule has 0 saturated heterocycles. The fourth-order valence-corrected chi connectivity index (χ4v) is 2.74. The zero-order valence-electron chi connectivity index (χ0n) is 15.5. The molecule has 2 amide bonds. The highest BCUT2D eigenvalue weighted by Gasteiger charge is 2.19. The van der Waals surface area contributed by atoms with E-state index in [1.54, 1.807) is 36.4 Å². The Morgan fingerprint density at radius 1 is 0.964 bits per heavy atom. The zero-order chi connectivity index (χ0) is 19.8. The number of anilines is 1. The molecule has 1 heterocycles. The van der Waals surface area contributed by atoms with E-state index < -0.39 is 6.04 Å². The van der Waals surface area contributed by atoms with E-state index in [1.807, 2.05) is 36.4 Å². The maximum absolute atomic E-state index is 12.6. The molecule has 0 bridgehead atoms. The average molecular weight is 375 g/mol. The van der Waals surface area contributed by atoms with Crippen molar-refractivity contribution in [3.63, 3.8) is 0 Å². The normalized spacial score (nSPS) is 11.3. The molecule has 28 heavy (non-hydrogen) atoms. The van der Waals surface area contributed by atoms with Crippen molar-refractivity contribution in [2.45, 2.75) is 12.5 Å². The first-order valence-electron chi connectivity index (χ1n) is 8.86. The third-order valence-corrected chi connectivity index (χ3v) is 4.16. The minimum absolute atomic E-state index is 0.0919. The SMILES string of the molecule is COc1ccc(NC(=O)C[C@H](NC(=O)c2ccccc2)c2ccccc2)cn1. The van der Waals surface area contributed by atoms with Gasteiger partial charge in [-0.1, -0.05) is 48.5 Å². The highest BCUT2D eigenvalue weighted by atomic mass is 16.5. The summed E-state index contributed by atoms with van der Waals surface area (Å²) >= 11 is 0. The first-order valence-corrected chi connectivity index (χ1v) is 8.86. The Bertz CT molecular complexity index is 913. The van der Waals surface area contributed by atoms with E-state index >= 15 is 0 Å². The minimum Gasteiger partial charge on any atom is -0.481 e. The third-order valence-electron chi connectivity index (χ3n) is 4.16. The van der Waals surface area contributed by atoms with Crippen LogP contribution in [0.4, 0.5) is 5.69 Å². The van der Waals surface area contributed by atoms with Crippen LogP contribution in [0.25, 0.3) is 0 Å². The molecule has 3 aromatic rings. The van der Waals surface area contributed by atoms with Crippen molar-refractivity contribution in [3.8, 4) is 5.88 Å². The largest absolute Gasteiger partial charge is 0.481 e. The number of benzene rings is 2. The van der Waals surface area contributed by atoms with Crippen molar-refractivity contribution in [2.75, 3.05) is 12.4 Å². The van der Waals surface area contributed by atoms with Gasteiger partial charge in [-0.2, -0.15) is 0 Å². The summed E-state index contributed by atoms with van der Waals surface area (Å²) in [5.41, 5.74) is 1.96. The molecule has 0 saturated carbocycles. The minimum atomic E-state index is -0.458. The molecule has 0 spiro atoms. The molecule has 1 atom stereocenters. The fourth-order valence-electron chi connectivity index (χ4n) is 2.74. The van der Waals surface area contributed by atoms with Crippen molar-refractivity contribution in [2.24, 2.45) is 0 Å². The Balaban J connectivity index is 1.71. The summed E-state index contributed by atoms with van der Waals surface area (Å²) in [4.78, 5) is 29.2. The number of methoxy groups -OCH3 is 1. The van der Waals surface area contributed by atoms with E-state index in [0.717, 1.165) is 5.56 Å². The van der Waals surface area contributed by atoms with Crippen LogP contribution in [0.15, 0.2) is 79.0 Å². The first kappa shape index (κ1) is 19.1. The zero-order valence-corrected chi connectivity index (χ0v) is 15.5. The smallest absolute Gasteiger partial charge is 0.251 e. The molecule has 3 rings (SSSR count). The number of pyridine rings is 1. The number of carbonyl (C=O) groups excluding carboxylic acids is 2. The topological polar surface area (TPSA) is 80.3 Å². The van der Waals surface area contributed by atoms with E-state index in [2.05, 4.69) is 15.6 Å². The second kappa shape index (κ2) is 9.32. The van der Waals surface area contributed by atoms with Crippen LogP contribution in [-0.2, 0) is 4.79 Å². The summed E-state index contributed by atoms with van der Waals surface area (Å²) in [6.07, 6.45) is 1.62. The Kier molecular flexibility index (Phi) is 6.36. The van der Waals surface area contributed by atoms with Gasteiger partial charge in [-0.15, -0.1) is 0 Å². The molecule has 6 nitrogen and oxygen atoms in total. The lowest BCUT2D eigenvalue weighted by Gasteiger charge is -2.19. The van der Waals surface area contributed by atoms with Gasteiger partial charge in [-0.25, -0.2) is 4.98 Å². The van der Waals surface area contributed by atoms with Gasteiger partial charge in [-0.05, 0) is 23.8 Å². The number of nitrogens with one attached hydrogen (secondary N) is 2. The highest BCUT2D eigenvalue weighted by molar-refractivity contribution is 5.95. The van der Waals surface area contributed by atoms with Crippen LogP contribution >= 0.6 is 0 Å². The van der Waals surface area contributed by atoms with Crippen LogP contribution in [-0.4, -0.2) is 23.9 Å². The molecule has 0 aliphatic rings. The maximum atomic E-state index is 12.6. The number of hydrogen-bond donors (Lipinski definition) is 2. The molecule has 1 aromatic heterocycles. The van der Waals surface area contributed by atoms with Crippen molar-refractivity contribution in [1.82, 2.24) is 10.3 Å². The molecule has 0 fully saturated rings. The lowest BCUT2D eigenvalue weighted by atomic mass is 10.0. The quantitative estimate of drug-likeness (QED) is 0.661. The van der Waals surface area contributed by atoms with Crippen LogP contribution in [0.1, 0.15) is 28.4 Å². The van der Waals surface area contributed by atoms with Gasteiger partial charge in [0.15, 0.2) is 0 Å². The van der Waals surface area contributed by atoms with Gasteiger partial charge in [0.25, 0.3) is 5.91 Å². The molecule has 0 unspecified atom stereocenters. The number of hydrogen-bond acceptors (Lipinski definition) is 4. The number of ether oxygens (including phenoxy) is 1. The highest BCUT2D eigenvalue weighted by Crippen LogP contribution is 2.19. The predicted octanol–water partition coefficient (Wildman–Crippen LogP) is 3.59. The second-order valence-electron chi connectivity index (χ2n) is 6.14. The molecular weight excluding hydrogens is 354 g/mol. The maximum Gasteiger partial charge on any atom is 0.251 e. The third kappa shape index (κ3) is 5.17. The van der Waals surface area contributed by atoms with Crippen molar-refractivity contribution in [1.29, 1.82) is 0 Å². The summed E-state index contributed by atoms with van der Waals surface area (Å²) < 4.78 is 5.01. The van der Waals surface area contributed by atoms with Crippen LogP contribution < -0.4 is 15.4 Å². The fraction of sp³-hybridized carbons (Fsp3) is 0.136. The summed E-state index contributed by atoms with van der Waals surface area (Å²) in [6.45, 7) is 0. The number of nitrogens with zero attached hydrogens (tertiary/aromatic N) is 1. The lowest BCUT2D eigenvalue weighted by Crippen LogP contribution is -2.31. The summed E-state index contributed by atoms with van der Waals surface area (Å²) in [5.74, 6) is 0.0119. The van der Waals surface area contributed by atoms with Gasteiger partial charge in [0.1, 0.15) is 0 Å². The molecular formula is C22H21N3O3. The van der Waals surface area contributed by atoms with Crippen molar-refractivity contribution >= 4 is 17.5 Å². The standard InChI is InChI=1S/C22H21N3O3/c1-28-21-13-12-18(15-23-21)24-20(26)14-19(16-8-4-2-5-9-16)25-22(27)17-10-6-3-7-11-17/h2-13,15,19H,14H2,1H3,(H,24,26)(H,25,27)/t19-/m0/s1. The molecule has 0 radical (unpaired) electrons. The number of rotatable bonds is 7. The van der Waals surface area contributed by atoms with Crippen LogP contribution in [0, 0.1) is 0 Å². The molecule has 2 aromatic carbocycles. The Hall–Kier alpha value is -3.67. The van der Waals surface area contributed by atoms with E-state index in [4.69, 9.17) is 4.74 Å². The second-order valence-corrected chi connectivity index (χ2v) is 6.14. The molecule has 0 aliphatic carbocycles. The van der Waals surface area contributed by atoms with Crippen molar-refractivity contribution < 1.29 is 14.3 Å². The summed E-state index contributed by atoms with van der Waals surface area (Å²) in [6, 6.07) is 21.3. The van der Waals surface area contributed by atoms with E-state index in [1.165, 1.54) is 13.3 Å². The van der Waals surface area contributed by atoms with Gasteiger partial charge in [-0.3, -0.25) is 9.59 Å². The predicted molar refractivity (Wildman–Crippen MR) is 107 cm³/mol. The van der Waals surface area contributed by atoms with Gasteiger partial charge >= 0.3 is 0 Å². The number of amides is 2. The lowest BCUT2D eigenvalue weighted by molar-refractivity contribution is -0.116. The molecule has 6 heteroatoms. The molecule has 2 N–H and O–H groups in total. The molecule has 0 aliphatic heterocycles. The van der Waals surface area contributed by atoms with Crippen molar-refractivity contribution in [3.05, 3.63) is 90.1 Å². The summed E-state index contributed by atoms with van der Waals surface area (Å²) in [5, 5.41) is 5.75. The Morgan fingerprint density at radius 2 is 1.64 bits per heavy atom. The summed E-state index contributed by atoms with van der Waals surface area (Å²) in [7, 11) is 1.53. The van der Waals surface area contributed by atoms with Gasteiger partial charge in [0.2, 0.25) is 11.8 Å². The monoisotopic (exact) mass is 375 g/mol. The van der Waals surface area contributed by atoms with Gasteiger partial charge in [0, 0.05) is 11.6 Å². The van der Waals surface area contributed by atoms with Crippen LogP contribution in [0.5, 0.6) is 5.88 Å².